The van der Waals surface area contributed by atoms with Crippen molar-refractivity contribution in [1.29, 1.82) is 0 Å². The van der Waals surface area contributed by atoms with Gasteiger partial charge in [-0.05, 0) is 73.9 Å². The molecule has 0 radical (unpaired) electrons. The van der Waals surface area contributed by atoms with E-state index in [2.05, 4.69) is 73.6 Å². The lowest BCUT2D eigenvalue weighted by atomic mass is 9.90. The number of benzene rings is 1. The minimum atomic E-state index is 0.0139. The van der Waals surface area contributed by atoms with Crippen molar-refractivity contribution in [2.75, 3.05) is 13.1 Å². The molecule has 1 aromatic carbocycles. The zero-order valence-corrected chi connectivity index (χ0v) is 20.2. The fraction of sp³-hybridized carbons (Fsp3) is 0.556. The van der Waals surface area contributed by atoms with Gasteiger partial charge in [-0.15, -0.1) is 0 Å². The highest BCUT2D eigenvalue weighted by Crippen LogP contribution is 2.34. The van der Waals surface area contributed by atoms with Crippen molar-refractivity contribution in [3.63, 3.8) is 0 Å². The van der Waals surface area contributed by atoms with E-state index in [1.54, 1.807) is 0 Å². The minimum Gasteiger partial charge on any atom is -0.330 e. The van der Waals surface area contributed by atoms with Crippen molar-refractivity contribution < 1.29 is 0 Å². The van der Waals surface area contributed by atoms with Gasteiger partial charge in [-0.1, -0.05) is 45.9 Å². The molecule has 0 amide bonds. The number of aromatic nitrogens is 3. The third-order valence-corrected chi connectivity index (χ3v) is 6.82. The zero-order chi connectivity index (χ0) is 22.7. The lowest BCUT2D eigenvalue weighted by molar-refractivity contribution is 0.150. The first kappa shape index (κ1) is 22.9. The second-order valence-corrected chi connectivity index (χ2v) is 10.6. The Kier molecular flexibility index (Phi) is 6.96. The van der Waals surface area contributed by atoms with Crippen LogP contribution in [0.2, 0.25) is 0 Å². The molecule has 2 heterocycles. The van der Waals surface area contributed by atoms with Crippen molar-refractivity contribution in [2.45, 2.75) is 72.5 Å². The summed E-state index contributed by atoms with van der Waals surface area (Å²) in [7, 11) is 0. The van der Waals surface area contributed by atoms with Crippen LogP contribution in [0.15, 0.2) is 42.6 Å². The largest absolute Gasteiger partial charge is 0.330 e. The Balaban J connectivity index is 1.71. The maximum atomic E-state index is 6.12. The molecule has 1 aliphatic carbocycles. The Morgan fingerprint density at radius 2 is 2.00 bits per heavy atom. The van der Waals surface area contributed by atoms with Gasteiger partial charge >= 0.3 is 0 Å². The number of aryl methyl sites for hydroxylation is 1. The fourth-order valence-electron chi connectivity index (χ4n) is 4.81. The zero-order valence-electron chi connectivity index (χ0n) is 20.2. The Hall–Kier alpha value is -2.24. The van der Waals surface area contributed by atoms with Gasteiger partial charge in [0.05, 0.1) is 29.3 Å². The molecule has 1 aliphatic rings. The molecule has 1 atom stereocenters. The van der Waals surface area contributed by atoms with E-state index in [4.69, 9.17) is 15.7 Å². The minimum absolute atomic E-state index is 0.0139. The molecule has 3 aromatic rings. The summed E-state index contributed by atoms with van der Waals surface area (Å²) in [5.74, 6) is 1.80. The lowest BCUT2D eigenvalue weighted by Crippen LogP contribution is -2.35. The fourth-order valence-corrected chi connectivity index (χ4v) is 4.81. The van der Waals surface area contributed by atoms with Crippen LogP contribution in [0, 0.1) is 11.3 Å². The Morgan fingerprint density at radius 1 is 1.19 bits per heavy atom. The Morgan fingerprint density at radius 3 is 2.78 bits per heavy atom. The third-order valence-electron chi connectivity index (χ3n) is 6.82. The van der Waals surface area contributed by atoms with Crippen molar-refractivity contribution in [3.05, 3.63) is 59.7 Å². The first-order valence-electron chi connectivity index (χ1n) is 12.2. The monoisotopic (exact) mass is 433 g/mol. The number of para-hydroxylation sites is 2. The lowest BCUT2D eigenvalue weighted by Gasteiger charge is -2.35. The number of hydrogen-bond acceptors (Lipinski definition) is 4. The van der Waals surface area contributed by atoms with Crippen molar-refractivity contribution >= 4 is 11.0 Å². The average molecular weight is 434 g/mol. The predicted octanol–water partition coefficient (Wildman–Crippen LogP) is 5.34. The van der Waals surface area contributed by atoms with Gasteiger partial charge in [0.1, 0.15) is 5.82 Å². The van der Waals surface area contributed by atoms with Crippen molar-refractivity contribution in [1.82, 2.24) is 19.4 Å². The van der Waals surface area contributed by atoms with Gasteiger partial charge in [0.25, 0.3) is 0 Å². The molecule has 32 heavy (non-hydrogen) atoms. The summed E-state index contributed by atoms with van der Waals surface area (Å²) in [6.45, 7) is 12.5. The number of nitrogens with zero attached hydrogens (tertiary/aromatic N) is 4. The predicted molar refractivity (Wildman–Crippen MR) is 132 cm³/mol. The van der Waals surface area contributed by atoms with Crippen LogP contribution >= 0.6 is 0 Å². The standard InChI is InChI=1S/C27H39N5/c1-20(2)14-16-31(24-13-7-9-21-10-8-15-29-26(21)24)17-25-30-22-11-5-6-12-23(22)32(25)19-27(3,4)18-28/h5-6,8,10-12,15,20,24H,7,9,13-14,16-19,28H2,1-4H3. The third kappa shape index (κ3) is 5.05. The van der Waals surface area contributed by atoms with Gasteiger partial charge in [0.2, 0.25) is 0 Å². The van der Waals surface area contributed by atoms with Crippen LogP contribution in [0.5, 0.6) is 0 Å². The van der Waals surface area contributed by atoms with Crippen LogP contribution in [0.1, 0.15) is 70.1 Å². The van der Waals surface area contributed by atoms with E-state index in [1.807, 2.05) is 6.20 Å². The normalized spacial score (nSPS) is 16.8. The van der Waals surface area contributed by atoms with Gasteiger partial charge in [0, 0.05) is 12.7 Å². The molecule has 172 valence electrons. The Bertz CT molecular complexity index is 1040. The summed E-state index contributed by atoms with van der Waals surface area (Å²) >= 11 is 0. The van der Waals surface area contributed by atoms with Crippen LogP contribution in [0.25, 0.3) is 11.0 Å². The van der Waals surface area contributed by atoms with E-state index in [9.17, 15) is 0 Å². The molecule has 0 spiro atoms. The van der Waals surface area contributed by atoms with E-state index in [-0.39, 0.29) is 5.41 Å². The maximum absolute atomic E-state index is 6.12. The number of nitrogens with two attached hydrogens (primary N) is 1. The molecule has 2 aromatic heterocycles. The number of imidazole rings is 1. The first-order chi connectivity index (χ1) is 15.4. The summed E-state index contributed by atoms with van der Waals surface area (Å²) in [6, 6.07) is 13.2. The van der Waals surface area contributed by atoms with Gasteiger partial charge in [-0.3, -0.25) is 9.88 Å². The number of rotatable bonds is 9. The van der Waals surface area contributed by atoms with Crippen LogP contribution in [-0.4, -0.2) is 32.5 Å². The molecule has 5 heteroatoms. The highest BCUT2D eigenvalue weighted by molar-refractivity contribution is 5.75. The van der Waals surface area contributed by atoms with E-state index in [0.717, 1.165) is 43.8 Å². The second-order valence-electron chi connectivity index (χ2n) is 10.6. The topological polar surface area (TPSA) is 60.0 Å². The van der Waals surface area contributed by atoms with Crippen LogP contribution in [0.3, 0.4) is 0 Å². The quantitative estimate of drug-likeness (QED) is 0.495. The molecule has 2 N–H and O–H groups in total. The molecule has 0 fully saturated rings. The molecule has 0 saturated heterocycles. The summed E-state index contributed by atoms with van der Waals surface area (Å²) in [5.41, 5.74) is 11.1. The van der Waals surface area contributed by atoms with Crippen molar-refractivity contribution in [2.24, 2.45) is 17.1 Å². The first-order valence-corrected chi connectivity index (χ1v) is 12.2. The molecule has 0 saturated carbocycles. The summed E-state index contributed by atoms with van der Waals surface area (Å²) in [6.07, 6.45) is 6.65. The summed E-state index contributed by atoms with van der Waals surface area (Å²) in [5, 5.41) is 0. The SMILES string of the molecule is CC(C)CCN(Cc1nc2ccccc2n1CC(C)(C)CN)C1CCCc2cccnc21. The van der Waals surface area contributed by atoms with E-state index in [0.29, 0.717) is 18.5 Å². The molecular weight excluding hydrogens is 394 g/mol. The van der Waals surface area contributed by atoms with Crippen LogP contribution in [-0.2, 0) is 19.5 Å². The molecule has 0 bridgehead atoms. The molecule has 4 rings (SSSR count). The Labute approximate surface area is 193 Å². The summed E-state index contributed by atoms with van der Waals surface area (Å²) < 4.78 is 2.41. The van der Waals surface area contributed by atoms with Gasteiger partial charge < -0.3 is 10.3 Å². The maximum Gasteiger partial charge on any atom is 0.124 e. The van der Waals surface area contributed by atoms with Crippen LogP contribution in [0.4, 0.5) is 0 Å². The van der Waals surface area contributed by atoms with Gasteiger partial charge in [0.15, 0.2) is 0 Å². The molecule has 5 nitrogen and oxygen atoms in total. The average Bonchev–Trinajstić information content (AvgIpc) is 3.12. The summed E-state index contributed by atoms with van der Waals surface area (Å²) in [4.78, 5) is 12.6. The van der Waals surface area contributed by atoms with Gasteiger partial charge in [-0.2, -0.15) is 0 Å². The van der Waals surface area contributed by atoms with E-state index >= 15 is 0 Å². The van der Waals surface area contributed by atoms with E-state index in [1.165, 1.54) is 29.6 Å². The number of hydrogen-bond donors (Lipinski definition) is 1. The smallest absolute Gasteiger partial charge is 0.124 e. The number of pyridine rings is 1. The van der Waals surface area contributed by atoms with Crippen molar-refractivity contribution in [3.8, 4) is 0 Å². The highest BCUT2D eigenvalue weighted by atomic mass is 15.2. The molecular formula is C27H39N5. The second kappa shape index (κ2) is 9.72. The highest BCUT2D eigenvalue weighted by Gasteiger charge is 2.29. The van der Waals surface area contributed by atoms with E-state index < -0.39 is 0 Å². The van der Waals surface area contributed by atoms with Crippen LogP contribution < -0.4 is 5.73 Å². The number of fused-ring (bicyclic) bond motifs is 2. The molecule has 1 unspecified atom stereocenters. The molecule has 0 aliphatic heterocycles. The van der Waals surface area contributed by atoms with Gasteiger partial charge in [-0.25, -0.2) is 4.98 Å².